The van der Waals surface area contributed by atoms with Crippen molar-refractivity contribution in [1.82, 2.24) is 4.98 Å². The maximum Gasteiger partial charge on any atom is 0.356 e. The zero-order chi connectivity index (χ0) is 20.8. The third-order valence-electron chi connectivity index (χ3n) is 3.65. The SMILES string of the molecule is COC(=O)c1cc(Oc2ccc(NC(=O)Nc3ccc(Cl)c(Cl)c3)cc2)ccn1. The highest BCUT2D eigenvalue weighted by atomic mass is 35.5. The van der Waals surface area contributed by atoms with Gasteiger partial charge in [-0.3, -0.25) is 0 Å². The number of hydrogen-bond acceptors (Lipinski definition) is 5. The van der Waals surface area contributed by atoms with Crippen LogP contribution in [0.5, 0.6) is 11.5 Å². The summed E-state index contributed by atoms with van der Waals surface area (Å²) in [6.45, 7) is 0. The van der Waals surface area contributed by atoms with Gasteiger partial charge in [0.05, 0.1) is 17.2 Å². The molecule has 0 saturated carbocycles. The van der Waals surface area contributed by atoms with E-state index in [0.29, 0.717) is 32.9 Å². The van der Waals surface area contributed by atoms with E-state index >= 15 is 0 Å². The average Bonchev–Trinajstić information content (AvgIpc) is 2.72. The van der Waals surface area contributed by atoms with Crippen LogP contribution in [0.3, 0.4) is 0 Å². The van der Waals surface area contributed by atoms with Gasteiger partial charge in [0.1, 0.15) is 11.5 Å². The van der Waals surface area contributed by atoms with E-state index in [0.717, 1.165) is 0 Å². The Bertz CT molecular complexity index is 1040. The van der Waals surface area contributed by atoms with Crippen LogP contribution < -0.4 is 15.4 Å². The molecule has 29 heavy (non-hydrogen) atoms. The zero-order valence-corrected chi connectivity index (χ0v) is 16.6. The largest absolute Gasteiger partial charge is 0.464 e. The van der Waals surface area contributed by atoms with Crippen molar-refractivity contribution in [2.45, 2.75) is 0 Å². The maximum absolute atomic E-state index is 12.1. The normalized spacial score (nSPS) is 10.2. The van der Waals surface area contributed by atoms with Crippen LogP contribution in [0.15, 0.2) is 60.8 Å². The van der Waals surface area contributed by atoms with Crippen molar-refractivity contribution in [1.29, 1.82) is 0 Å². The molecular formula is C20H15Cl2N3O4. The lowest BCUT2D eigenvalue weighted by Gasteiger charge is -2.10. The number of carbonyl (C=O) groups excluding carboxylic acids is 2. The van der Waals surface area contributed by atoms with E-state index in [1.165, 1.54) is 19.4 Å². The highest BCUT2D eigenvalue weighted by Gasteiger charge is 2.09. The number of halogens is 2. The first-order valence-electron chi connectivity index (χ1n) is 8.30. The highest BCUT2D eigenvalue weighted by Crippen LogP contribution is 2.26. The molecule has 0 aliphatic heterocycles. The minimum atomic E-state index is -0.553. The first-order chi connectivity index (χ1) is 13.9. The Morgan fingerprint density at radius 3 is 2.24 bits per heavy atom. The van der Waals surface area contributed by atoms with Gasteiger partial charge in [0.25, 0.3) is 0 Å². The number of amides is 2. The van der Waals surface area contributed by atoms with E-state index in [2.05, 4.69) is 20.4 Å². The molecule has 7 nitrogen and oxygen atoms in total. The van der Waals surface area contributed by atoms with Gasteiger partial charge in [-0.25, -0.2) is 14.6 Å². The molecule has 0 atom stereocenters. The third-order valence-corrected chi connectivity index (χ3v) is 4.39. The minimum absolute atomic E-state index is 0.141. The van der Waals surface area contributed by atoms with Gasteiger partial charge < -0.3 is 20.1 Å². The summed E-state index contributed by atoms with van der Waals surface area (Å²) in [6.07, 6.45) is 1.45. The molecule has 0 aliphatic rings. The lowest BCUT2D eigenvalue weighted by atomic mass is 10.3. The summed E-state index contributed by atoms with van der Waals surface area (Å²) in [7, 11) is 1.28. The molecule has 1 aromatic heterocycles. The van der Waals surface area contributed by atoms with Crippen molar-refractivity contribution < 1.29 is 19.1 Å². The number of rotatable bonds is 5. The molecule has 0 spiro atoms. The lowest BCUT2D eigenvalue weighted by molar-refractivity contribution is 0.0593. The van der Waals surface area contributed by atoms with Crippen molar-refractivity contribution in [3.63, 3.8) is 0 Å². The fourth-order valence-corrected chi connectivity index (χ4v) is 2.60. The van der Waals surface area contributed by atoms with Gasteiger partial charge in [-0.05, 0) is 48.5 Å². The Kier molecular flexibility index (Phi) is 6.54. The lowest BCUT2D eigenvalue weighted by Crippen LogP contribution is -2.19. The van der Waals surface area contributed by atoms with Crippen LogP contribution >= 0.6 is 23.2 Å². The number of urea groups is 1. The Balaban J connectivity index is 1.60. The molecule has 0 radical (unpaired) electrons. The highest BCUT2D eigenvalue weighted by molar-refractivity contribution is 6.42. The fourth-order valence-electron chi connectivity index (χ4n) is 2.30. The summed E-state index contributed by atoms with van der Waals surface area (Å²) in [4.78, 5) is 27.6. The molecule has 9 heteroatoms. The number of nitrogens with one attached hydrogen (secondary N) is 2. The van der Waals surface area contributed by atoms with Crippen molar-refractivity contribution in [3.8, 4) is 11.5 Å². The molecule has 0 fully saturated rings. The van der Waals surface area contributed by atoms with Crippen LogP contribution in [0, 0.1) is 0 Å². The van der Waals surface area contributed by atoms with Crippen molar-refractivity contribution >= 4 is 46.6 Å². The van der Waals surface area contributed by atoms with E-state index in [4.69, 9.17) is 27.9 Å². The molecule has 2 aromatic carbocycles. The van der Waals surface area contributed by atoms with Gasteiger partial charge in [0.2, 0.25) is 0 Å². The summed E-state index contributed by atoms with van der Waals surface area (Å²) >= 11 is 11.8. The topological polar surface area (TPSA) is 89.5 Å². The fraction of sp³-hybridized carbons (Fsp3) is 0.0500. The number of ether oxygens (including phenoxy) is 2. The molecule has 0 aliphatic carbocycles. The van der Waals surface area contributed by atoms with Gasteiger partial charge >= 0.3 is 12.0 Å². The number of nitrogens with zero attached hydrogens (tertiary/aromatic N) is 1. The molecule has 148 valence electrons. The van der Waals surface area contributed by atoms with E-state index in [-0.39, 0.29) is 5.69 Å². The Morgan fingerprint density at radius 1 is 0.862 bits per heavy atom. The Morgan fingerprint density at radius 2 is 1.55 bits per heavy atom. The van der Waals surface area contributed by atoms with Crippen LogP contribution in [-0.4, -0.2) is 24.1 Å². The summed E-state index contributed by atoms with van der Waals surface area (Å²) in [6, 6.07) is 14.1. The Labute approximate surface area is 176 Å². The number of hydrogen-bond donors (Lipinski definition) is 2. The van der Waals surface area contributed by atoms with Gasteiger partial charge in [-0.2, -0.15) is 0 Å². The second-order valence-corrected chi connectivity index (χ2v) is 6.52. The first-order valence-corrected chi connectivity index (χ1v) is 9.05. The monoisotopic (exact) mass is 431 g/mol. The molecule has 2 N–H and O–H groups in total. The van der Waals surface area contributed by atoms with Gasteiger partial charge in [-0.15, -0.1) is 0 Å². The third kappa shape index (κ3) is 5.60. The number of carbonyl (C=O) groups is 2. The van der Waals surface area contributed by atoms with Gasteiger partial charge in [0.15, 0.2) is 5.69 Å². The summed E-state index contributed by atoms with van der Waals surface area (Å²) < 4.78 is 10.3. The van der Waals surface area contributed by atoms with Crippen LogP contribution in [0.2, 0.25) is 10.0 Å². The van der Waals surface area contributed by atoms with Crippen molar-refractivity contribution in [3.05, 3.63) is 76.5 Å². The molecule has 2 amide bonds. The number of methoxy groups -OCH3 is 1. The molecular weight excluding hydrogens is 417 g/mol. The molecule has 1 heterocycles. The predicted octanol–water partition coefficient (Wildman–Crippen LogP) is 5.61. The van der Waals surface area contributed by atoms with Gasteiger partial charge in [0, 0.05) is 23.6 Å². The number of benzene rings is 2. The number of aromatic nitrogens is 1. The average molecular weight is 432 g/mol. The van der Waals surface area contributed by atoms with Crippen molar-refractivity contribution in [2.24, 2.45) is 0 Å². The van der Waals surface area contributed by atoms with E-state index in [1.807, 2.05) is 0 Å². The quantitative estimate of drug-likeness (QED) is 0.512. The second-order valence-electron chi connectivity index (χ2n) is 5.70. The van der Waals surface area contributed by atoms with Crippen LogP contribution in [0.25, 0.3) is 0 Å². The van der Waals surface area contributed by atoms with E-state index in [9.17, 15) is 9.59 Å². The summed E-state index contributed by atoms with van der Waals surface area (Å²) in [5, 5.41) is 6.10. The second kappa shape index (κ2) is 9.27. The smallest absolute Gasteiger partial charge is 0.356 e. The zero-order valence-electron chi connectivity index (χ0n) is 15.1. The van der Waals surface area contributed by atoms with Crippen LogP contribution in [0.1, 0.15) is 10.5 Å². The maximum atomic E-state index is 12.1. The molecule has 0 unspecified atom stereocenters. The van der Waals surface area contributed by atoms with E-state index in [1.54, 1.807) is 48.5 Å². The van der Waals surface area contributed by atoms with Crippen LogP contribution in [0.4, 0.5) is 16.2 Å². The molecule has 3 aromatic rings. The van der Waals surface area contributed by atoms with Crippen LogP contribution in [-0.2, 0) is 4.74 Å². The number of pyridine rings is 1. The minimum Gasteiger partial charge on any atom is -0.464 e. The summed E-state index contributed by atoms with van der Waals surface area (Å²) in [5.74, 6) is 0.393. The van der Waals surface area contributed by atoms with Gasteiger partial charge in [-0.1, -0.05) is 23.2 Å². The first kappa shape index (κ1) is 20.4. The Hall–Kier alpha value is -3.29. The van der Waals surface area contributed by atoms with Crippen molar-refractivity contribution in [2.75, 3.05) is 17.7 Å². The molecule has 0 bridgehead atoms. The number of anilines is 2. The number of esters is 1. The standard InChI is InChI=1S/C20H15Cl2N3O4/c1-28-19(26)18-11-15(8-9-23-18)29-14-5-2-12(3-6-14)24-20(27)25-13-4-7-16(21)17(22)10-13/h2-11H,1H3,(H2,24,25,27). The predicted molar refractivity (Wildman–Crippen MR) is 111 cm³/mol. The molecule has 3 rings (SSSR count). The molecule has 0 saturated heterocycles. The van der Waals surface area contributed by atoms with E-state index < -0.39 is 12.0 Å². The summed E-state index contributed by atoms with van der Waals surface area (Å²) in [5.41, 5.74) is 1.21.